The molecule has 3 aromatic rings. The van der Waals surface area contributed by atoms with Gasteiger partial charge in [0.1, 0.15) is 5.75 Å². The number of hydrogen-bond donors (Lipinski definition) is 2. The number of aromatic nitrogens is 2. The topological polar surface area (TPSA) is 50.1 Å². The third-order valence-electron chi connectivity index (χ3n) is 3.50. The number of phenolic OH excluding ortho intramolecular Hbond substituents is 1. The summed E-state index contributed by atoms with van der Waals surface area (Å²) in [6.45, 7) is 3.72. The Hall–Kier alpha value is -2.49. The van der Waals surface area contributed by atoms with Crippen LogP contribution in [-0.4, -0.2) is 14.7 Å². The summed E-state index contributed by atoms with van der Waals surface area (Å²) in [5.74, 6) is 0.310. The first-order chi connectivity index (χ1) is 9.79. The molecule has 1 aromatic heterocycles. The second-order valence-corrected chi connectivity index (χ2v) is 4.70. The molecule has 0 aliphatic carbocycles. The number of nitrogens with one attached hydrogen (secondary N) is 1. The minimum Gasteiger partial charge on any atom is -0.507 e. The molecule has 0 saturated heterocycles. The van der Waals surface area contributed by atoms with Crippen LogP contribution in [0, 0.1) is 0 Å². The van der Waals surface area contributed by atoms with Gasteiger partial charge in [-0.1, -0.05) is 24.3 Å². The predicted molar refractivity (Wildman–Crippen MR) is 80.8 cm³/mol. The Morgan fingerprint density at radius 1 is 1.15 bits per heavy atom. The normalized spacial score (nSPS) is 10.8. The van der Waals surface area contributed by atoms with Gasteiger partial charge in [-0.25, -0.2) is 4.98 Å². The van der Waals surface area contributed by atoms with Gasteiger partial charge in [-0.3, -0.25) is 0 Å². The fourth-order valence-corrected chi connectivity index (χ4v) is 2.41. The van der Waals surface area contributed by atoms with Gasteiger partial charge in [0, 0.05) is 29.2 Å². The highest BCUT2D eigenvalue weighted by molar-refractivity contribution is 5.97. The highest BCUT2D eigenvalue weighted by Gasteiger charge is 2.05. The molecule has 102 valence electrons. The Bertz CT molecular complexity index is 733. The van der Waals surface area contributed by atoms with Gasteiger partial charge in [0.05, 0.1) is 18.6 Å². The maximum atomic E-state index is 9.89. The van der Waals surface area contributed by atoms with Crippen molar-refractivity contribution in [1.29, 1.82) is 0 Å². The van der Waals surface area contributed by atoms with E-state index in [1.54, 1.807) is 6.07 Å². The van der Waals surface area contributed by atoms with Crippen LogP contribution in [0.5, 0.6) is 5.75 Å². The Morgan fingerprint density at radius 3 is 2.80 bits per heavy atom. The van der Waals surface area contributed by atoms with Gasteiger partial charge in [0.25, 0.3) is 0 Å². The Morgan fingerprint density at radius 2 is 1.95 bits per heavy atom. The van der Waals surface area contributed by atoms with Crippen LogP contribution < -0.4 is 5.32 Å². The molecule has 0 saturated carbocycles. The molecule has 0 fully saturated rings. The number of imidazole rings is 1. The molecule has 4 nitrogen and oxygen atoms in total. The van der Waals surface area contributed by atoms with E-state index in [1.165, 1.54) is 0 Å². The van der Waals surface area contributed by atoms with Gasteiger partial charge in [-0.15, -0.1) is 0 Å². The average Bonchev–Trinajstić information content (AvgIpc) is 2.93. The summed E-state index contributed by atoms with van der Waals surface area (Å²) in [7, 11) is 0. The third-order valence-corrected chi connectivity index (χ3v) is 3.50. The minimum atomic E-state index is 0.310. The maximum absolute atomic E-state index is 9.89. The number of aromatic hydroxyl groups is 1. The van der Waals surface area contributed by atoms with Crippen LogP contribution >= 0.6 is 0 Å². The number of fused-ring (bicyclic) bond motifs is 1. The second kappa shape index (κ2) is 5.25. The first kappa shape index (κ1) is 12.5. The number of phenols is 1. The summed E-state index contributed by atoms with van der Waals surface area (Å²) in [6.07, 6.45) is 3.71. The first-order valence-electron chi connectivity index (χ1n) is 6.73. The van der Waals surface area contributed by atoms with Crippen LogP contribution in [0.4, 0.5) is 5.69 Å². The Balaban J connectivity index is 1.90. The van der Waals surface area contributed by atoms with Crippen LogP contribution in [0.1, 0.15) is 12.6 Å². The zero-order chi connectivity index (χ0) is 13.9. The molecular weight excluding hydrogens is 250 g/mol. The summed E-state index contributed by atoms with van der Waals surface area (Å²) in [6, 6.07) is 11.5. The van der Waals surface area contributed by atoms with Crippen molar-refractivity contribution in [2.45, 2.75) is 20.0 Å². The van der Waals surface area contributed by atoms with Crippen LogP contribution in [0.25, 0.3) is 10.8 Å². The second-order valence-electron chi connectivity index (χ2n) is 4.70. The zero-order valence-corrected chi connectivity index (χ0v) is 11.4. The largest absolute Gasteiger partial charge is 0.507 e. The van der Waals surface area contributed by atoms with E-state index in [1.807, 2.05) is 42.9 Å². The monoisotopic (exact) mass is 267 g/mol. The molecule has 0 bridgehead atoms. The third kappa shape index (κ3) is 2.20. The van der Waals surface area contributed by atoms with Crippen molar-refractivity contribution in [2.24, 2.45) is 0 Å². The van der Waals surface area contributed by atoms with Gasteiger partial charge in [0.15, 0.2) is 0 Å². The summed E-state index contributed by atoms with van der Waals surface area (Å²) < 4.78 is 2.11. The predicted octanol–water partition coefficient (Wildman–Crippen LogP) is 3.37. The summed E-state index contributed by atoms with van der Waals surface area (Å²) >= 11 is 0. The van der Waals surface area contributed by atoms with Crippen LogP contribution in [0.2, 0.25) is 0 Å². The molecule has 20 heavy (non-hydrogen) atoms. The van der Waals surface area contributed by atoms with Gasteiger partial charge in [0.2, 0.25) is 0 Å². The Kier molecular flexibility index (Phi) is 3.29. The molecule has 0 amide bonds. The van der Waals surface area contributed by atoms with Crippen molar-refractivity contribution in [2.75, 3.05) is 5.32 Å². The molecule has 1 heterocycles. The van der Waals surface area contributed by atoms with Gasteiger partial charge in [-0.2, -0.15) is 0 Å². The number of nitrogens with zero attached hydrogens (tertiary/aromatic N) is 2. The molecule has 0 unspecified atom stereocenters. The lowest BCUT2D eigenvalue weighted by atomic mass is 10.1. The van der Waals surface area contributed by atoms with Gasteiger partial charge >= 0.3 is 0 Å². The SMILES string of the molecule is CCn1cncc1CNc1cccc2c(O)cccc12. The van der Waals surface area contributed by atoms with E-state index in [-0.39, 0.29) is 0 Å². The minimum absolute atomic E-state index is 0.310. The van der Waals surface area contributed by atoms with Crippen LogP contribution in [0.15, 0.2) is 48.9 Å². The lowest BCUT2D eigenvalue weighted by molar-refractivity contribution is 0.481. The van der Waals surface area contributed by atoms with E-state index in [4.69, 9.17) is 0 Å². The van der Waals surface area contributed by atoms with E-state index in [2.05, 4.69) is 21.8 Å². The van der Waals surface area contributed by atoms with Crippen molar-refractivity contribution in [3.05, 3.63) is 54.6 Å². The fourth-order valence-electron chi connectivity index (χ4n) is 2.41. The molecule has 0 spiro atoms. The first-order valence-corrected chi connectivity index (χ1v) is 6.73. The van der Waals surface area contributed by atoms with Crippen LogP contribution in [-0.2, 0) is 13.1 Å². The standard InChI is InChI=1S/C16H17N3O/c1-2-19-11-17-9-12(19)10-18-15-7-3-6-14-13(15)5-4-8-16(14)20/h3-9,11,18,20H,2,10H2,1H3. The van der Waals surface area contributed by atoms with Crippen molar-refractivity contribution in [3.63, 3.8) is 0 Å². The average molecular weight is 267 g/mol. The quantitative estimate of drug-likeness (QED) is 0.762. The molecule has 0 atom stereocenters. The van der Waals surface area contributed by atoms with Crippen molar-refractivity contribution in [3.8, 4) is 5.75 Å². The lowest BCUT2D eigenvalue weighted by Gasteiger charge is -2.11. The zero-order valence-electron chi connectivity index (χ0n) is 11.4. The Labute approximate surface area is 117 Å². The fraction of sp³-hybridized carbons (Fsp3) is 0.188. The summed E-state index contributed by atoms with van der Waals surface area (Å²) in [4.78, 5) is 4.16. The van der Waals surface area contributed by atoms with Gasteiger partial charge in [-0.05, 0) is 19.1 Å². The molecular formula is C16H17N3O. The number of benzene rings is 2. The number of hydrogen-bond acceptors (Lipinski definition) is 3. The highest BCUT2D eigenvalue weighted by atomic mass is 16.3. The van der Waals surface area contributed by atoms with Crippen molar-refractivity contribution >= 4 is 16.5 Å². The maximum Gasteiger partial charge on any atom is 0.123 e. The van der Waals surface area contributed by atoms with E-state index >= 15 is 0 Å². The highest BCUT2D eigenvalue weighted by Crippen LogP contribution is 2.29. The van der Waals surface area contributed by atoms with E-state index < -0.39 is 0 Å². The van der Waals surface area contributed by atoms with E-state index in [0.29, 0.717) is 12.3 Å². The number of anilines is 1. The number of rotatable bonds is 4. The molecule has 2 aromatic carbocycles. The molecule has 0 radical (unpaired) electrons. The molecule has 0 aliphatic rings. The van der Waals surface area contributed by atoms with E-state index in [9.17, 15) is 5.11 Å². The van der Waals surface area contributed by atoms with E-state index in [0.717, 1.165) is 28.7 Å². The lowest BCUT2D eigenvalue weighted by Crippen LogP contribution is -2.06. The number of aryl methyl sites for hydroxylation is 1. The summed E-state index contributed by atoms with van der Waals surface area (Å²) in [5, 5.41) is 15.2. The van der Waals surface area contributed by atoms with Crippen LogP contribution in [0.3, 0.4) is 0 Å². The van der Waals surface area contributed by atoms with Gasteiger partial charge < -0.3 is 15.0 Å². The molecule has 4 heteroatoms. The van der Waals surface area contributed by atoms with Crippen molar-refractivity contribution < 1.29 is 5.11 Å². The smallest absolute Gasteiger partial charge is 0.123 e. The molecule has 3 rings (SSSR count). The molecule has 2 N–H and O–H groups in total. The molecule has 0 aliphatic heterocycles. The van der Waals surface area contributed by atoms with Crippen molar-refractivity contribution in [1.82, 2.24) is 9.55 Å². The summed E-state index contributed by atoms with van der Waals surface area (Å²) in [5.41, 5.74) is 2.16.